The number of carboxylic acids is 1. The molecular weight excluding hydrogens is 198 g/mol. The van der Waals surface area contributed by atoms with Crippen LogP contribution in [0.5, 0.6) is 0 Å². The lowest BCUT2D eigenvalue weighted by atomic mass is 10.2. The first-order chi connectivity index (χ1) is 6.74. The van der Waals surface area contributed by atoms with E-state index in [1.54, 1.807) is 17.4 Å². The zero-order valence-electron chi connectivity index (χ0n) is 7.99. The fourth-order valence-corrected chi connectivity index (χ4v) is 1.65. The smallest absolute Gasteiger partial charge is 0.331 e. The van der Waals surface area contributed by atoms with Gasteiger partial charge in [0.25, 0.3) is 0 Å². The average molecular weight is 211 g/mol. The summed E-state index contributed by atoms with van der Waals surface area (Å²) in [5.74, 6) is -0.834. The summed E-state index contributed by atoms with van der Waals surface area (Å²) in [6, 6.07) is 1.96. The molecule has 0 fully saturated rings. The summed E-state index contributed by atoms with van der Waals surface area (Å²) in [6.45, 7) is 2.40. The van der Waals surface area contributed by atoms with E-state index in [4.69, 9.17) is 5.11 Å². The molecule has 0 radical (unpaired) electrons. The predicted molar refractivity (Wildman–Crippen MR) is 58.8 cm³/mol. The zero-order valence-corrected chi connectivity index (χ0v) is 8.80. The molecule has 0 aliphatic heterocycles. The second-order valence-corrected chi connectivity index (χ2v) is 3.56. The summed E-state index contributed by atoms with van der Waals surface area (Å²) in [5, 5.41) is 15.8. The van der Waals surface area contributed by atoms with Crippen LogP contribution < -0.4 is 5.32 Å². The van der Waals surface area contributed by atoms with E-state index in [1.807, 2.05) is 23.8 Å². The van der Waals surface area contributed by atoms with E-state index in [0.717, 1.165) is 5.69 Å². The maximum atomic E-state index is 10.6. The van der Waals surface area contributed by atoms with Crippen LogP contribution in [0.1, 0.15) is 13.3 Å². The Bertz CT molecular complexity index is 317. The van der Waals surface area contributed by atoms with Gasteiger partial charge in [-0.1, -0.05) is 13.0 Å². The van der Waals surface area contributed by atoms with E-state index in [-0.39, 0.29) is 0 Å². The zero-order chi connectivity index (χ0) is 10.4. The van der Waals surface area contributed by atoms with Crippen molar-refractivity contribution in [2.45, 2.75) is 13.3 Å². The minimum atomic E-state index is -0.834. The van der Waals surface area contributed by atoms with Gasteiger partial charge in [0, 0.05) is 23.2 Å². The van der Waals surface area contributed by atoms with E-state index in [1.165, 1.54) is 0 Å². The Hall–Kier alpha value is -1.29. The third-order valence-electron chi connectivity index (χ3n) is 1.83. The van der Waals surface area contributed by atoms with Crippen LogP contribution in [-0.2, 0) is 4.79 Å². The minimum Gasteiger partial charge on any atom is -0.478 e. The number of nitrogens with one attached hydrogen (secondary N) is 1. The van der Waals surface area contributed by atoms with Crippen molar-refractivity contribution < 1.29 is 9.90 Å². The van der Waals surface area contributed by atoms with Gasteiger partial charge in [0.05, 0.1) is 0 Å². The fourth-order valence-electron chi connectivity index (χ4n) is 1.04. The molecule has 76 valence electrons. The fraction of sp³-hybridized carbons (Fsp3) is 0.300. The molecule has 1 aromatic heterocycles. The van der Waals surface area contributed by atoms with E-state index >= 15 is 0 Å². The molecule has 0 saturated carbocycles. The summed E-state index contributed by atoms with van der Waals surface area (Å²) in [6.07, 6.45) is 2.26. The van der Waals surface area contributed by atoms with Crippen LogP contribution in [-0.4, -0.2) is 17.6 Å². The van der Waals surface area contributed by atoms with Crippen LogP contribution in [0.4, 0.5) is 5.69 Å². The van der Waals surface area contributed by atoms with Gasteiger partial charge in [0.1, 0.15) is 0 Å². The summed E-state index contributed by atoms with van der Waals surface area (Å²) in [5.41, 5.74) is 1.49. The van der Waals surface area contributed by atoms with Gasteiger partial charge in [-0.15, -0.1) is 0 Å². The van der Waals surface area contributed by atoms with Gasteiger partial charge in [-0.3, -0.25) is 0 Å². The van der Waals surface area contributed by atoms with Crippen molar-refractivity contribution in [1.82, 2.24) is 0 Å². The van der Waals surface area contributed by atoms with Crippen molar-refractivity contribution >= 4 is 23.0 Å². The molecule has 0 bridgehead atoms. The molecule has 0 saturated heterocycles. The largest absolute Gasteiger partial charge is 0.478 e. The number of aliphatic carboxylic acids is 1. The quantitative estimate of drug-likeness (QED) is 0.736. The van der Waals surface area contributed by atoms with Crippen molar-refractivity contribution in [3.63, 3.8) is 0 Å². The van der Waals surface area contributed by atoms with Gasteiger partial charge >= 0.3 is 5.97 Å². The standard InChI is InChI=1S/C10H13NO2S/c1-2-8(10(12)13)3-5-11-9-4-6-14-7-9/h3-4,6-7,11H,2,5H2,1H3,(H,12,13)/b8-3-. The van der Waals surface area contributed by atoms with E-state index in [0.29, 0.717) is 18.5 Å². The highest BCUT2D eigenvalue weighted by atomic mass is 32.1. The molecule has 1 aromatic rings. The monoisotopic (exact) mass is 211 g/mol. The summed E-state index contributed by atoms with van der Waals surface area (Å²) in [7, 11) is 0. The van der Waals surface area contributed by atoms with Crippen molar-refractivity contribution in [3.8, 4) is 0 Å². The number of hydrogen-bond donors (Lipinski definition) is 2. The second-order valence-electron chi connectivity index (χ2n) is 2.78. The van der Waals surface area contributed by atoms with E-state index in [2.05, 4.69) is 5.32 Å². The minimum absolute atomic E-state index is 0.452. The Morgan fingerprint density at radius 2 is 2.50 bits per heavy atom. The maximum absolute atomic E-state index is 10.6. The molecular formula is C10H13NO2S. The lowest BCUT2D eigenvalue weighted by Crippen LogP contribution is -2.04. The molecule has 0 amide bonds. The Morgan fingerprint density at radius 1 is 1.71 bits per heavy atom. The number of rotatable bonds is 5. The first-order valence-electron chi connectivity index (χ1n) is 4.42. The number of carboxylic acid groups (broad SMARTS) is 1. The maximum Gasteiger partial charge on any atom is 0.331 e. The molecule has 1 heterocycles. The Balaban J connectivity index is 2.42. The lowest BCUT2D eigenvalue weighted by Gasteiger charge is -2.00. The van der Waals surface area contributed by atoms with Crippen LogP contribution in [0.25, 0.3) is 0 Å². The van der Waals surface area contributed by atoms with Gasteiger partial charge in [-0.2, -0.15) is 11.3 Å². The molecule has 2 N–H and O–H groups in total. The van der Waals surface area contributed by atoms with Gasteiger partial charge in [0.2, 0.25) is 0 Å². The number of carbonyl (C=O) groups is 1. The highest BCUT2D eigenvalue weighted by Crippen LogP contribution is 2.11. The molecule has 3 nitrogen and oxygen atoms in total. The molecule has 0 spiro atoms. The van der Waals surface area contributed by atoms with Gasteiger partial charge in [-0.05, 0) is 17.9 Å². The molecule has 0 atom stereocenters. The molecule has 0 aliphatic rings. The predicted octanol–water partition coefficient (Wildman–Crippen LogP) is 2.58. The van der Waals surface area contributed by atoms with Crippen LogP contribution in [0.3, 0.4) is 0 Å². The molecule has 4 heteroatoms. The second kappa shape index (κ2) is 5.44. The Morgan fingerprint density at radius 3 is 3.00 bits per heavy atom. The normalized spacial score (nSPS) is 11.4. The molecule has 0 unspecified atom stereocenters. The van der Waals surface area contributed by atoms with E-state index < -0.39 is 5.97 Å². The van der Waals surface area contributed by atoms with Crippen LogP contribution >= 0.6 is 11.3 Å². The molecule has 14 heavy (non-hydrogen) atoms. The number of anilines is 1. The molecule has 0 aliphatic carbocycles. The van der Waals surface area contributed by atoms with Crippen LogP contribution in [0.2, 0.25) is 0 Å². The first kappa shape index (κ1) is 10.8. The van der Waals surface area contributed by atoms with Crippen molar-refractivity contribution in [3.05, 3.63) is 28.5 Å². The lowest BCUT2D eigenvalue weighted by molar-refractivity contribution is -0.132. The highest BCUT2D eigenvalue weighted by Gasteiger charge is 2.02. The third-order valence-corrected chi connectivity index (χ3v) is 2.51. The topological polar surface area (TPSA) is 49.3 Å². The van der Waals surface area contributed by atoms with Crippen molar-refractivity contribution in [2.75, 3.05) is 11.9 Å². The summed E-state index contributed by atoms with van der Waals surface area (Å²) >= 11 is 1.61. The third kappa shape index (κ3) is 3.22. The molecule has 0 aromatic carbocycles. The Labute approximate surface area is 87.1 Å². The highest BCUT2D eigenvalue weighted by molar-refractivity contribution is 7.08. The van der Waals surface area contributed by atoms with Crippen molar-refractivity contribution in [2.24, 2.45) is 0 Å². The van der Waals surface area contributed by atoms with Gasteiger partial charge < -0.3 is 10.4 Å². The first-order valence-corrected chi connectivity index (χ1v) is 5.36. The summed E-state index contributed by atoms with van der Waals surface area (Å²) in [4.78, 5) is 10.6. The average Bonchev–Trinajstić information content (AvgIpc) is 2.64. The Kier molecular flexibility index (Phi) is 4.19. The van der Waals surface area contributed by atoms with E-state index in [9.17, 15) is 4.79 Å². The van der Waals surface area contributed by atoms with Crippen molar-refractivity contribution in [1.29, 1.82) is 0 Å². The SMILES string of the molecule is CC/C(=C/CNc1ccsc1)C(=O)O. The van der Waals surface area contributed by atoms with Crippen LogP contribution in [0.15, 0.2) is 28.5 Å². The number of hydrogen-bond acceptors (Lipinski definition) is 3. The van der Waals surface area contributed by atoms with Gasteiger partial charge in [-0.25, -0.2) is 4.79 Å². The summed E-state index contributed by atoms with van der Waals surface area (Å²) < 4.78 is 0. The number of thiophene rings is 1. The molecule has 1 rings (SSSR count). The van der Waals surface area contributed by atoms with Crippen LogP contribution in [0, 0.1) is 0 Å². The van der Waals surface area contributed by atoms with Gasteiger partial charge in [0.15, 0.2) is 0 Å².